The van der Waals surface area contributed by atoms with Gasteiger partial charge in [0.2, 0.25) is 0 Å². The molecule has 1 saturated heterocycles. The van der Waals surface area contributed by atoms with Crippen molar-refractivity contribution in [2.45, 2.75) is 43.8 Å². The lowest BCUT2D eigenvalue weighted by Gasteiger charge is -2.32. The third-order valence-electron chi connectivity index (χ3n) is 3.71. The van der Waals surface area contributed by atoms with Crippen molar-refractivity contribution >= 4 is 10.8 Å². The van der Waals surface area contributed by atoms with Crippen LogP contribution < -0.4 is 0 Å². The predicted octanol–water partition coefficient (Wildman–Crippen LogP) is 3.22. The lowest BCUT2D eigenvalue weighted by atomic mass is 10.1. The van der Waals surface area contributed by atoms with Crippen LogP contribution in [0.5, 0.6) is 0 Å². The van der Waals surface area contributed by atoms with Gasteiger partial charge in [0.05, 0.1) is 10.8 Å². The summed E-state index contributed by atoms with van der Waals surface area (Å²) in [6.45, 7) is 9.95. The first-order chi connectivity index (χ1) is 9.06. The van der Waals surface area contributed by atoms with Gasteiger partial charge in [-0.3, -0.25) is 4.21 Å². The smallest absolute Gasteiger partial charge is 0.0561 e. The van der Waals surface area contributed by atoms with E-state index in [1.54, 1.807) is 0 Å². The van der Waals surface area contributed by atoms with Crippen LogP contribution in [0.4, 0.5) is 0 Å². The molecule has 2 nitrogen and oxygen atoms in total. The zero-order chi connectivity index (χ0) is 13.8. The number of rotatable bonds is 4. The van der Waals surface area contributed by atoms with Crippen molar-refractivity contribution in [1.29, 1.82) is 0 Å². The summed E-state index contributed by atoms with van der Waals surface area (Å²) >= 11 is 0. The maximum Gasteiger partial charge on any atom is 0.0561 e. The number of piperidine rings is 1. The van der Waals surface area contributed by atoms with Crippen LogP contribution in [0.15, 0.2) is 29.2 Å². The first-order valence-electron chi connectivity index (χ1n) is 7.26. The van der Waals surface area contributed by atoms with E-state index in [0.29, 0.717) is 5.25 Å². The molecule has 0 aromatic heterocycles. The maximum absolute atomic E-state index is 12.5. The van der Waals surface area contributed by atoms with Gasteiger partial charge in [0.25, 0.3) is 0 Å². The van der Waals surface area contributed by atoms with Crippen molar-refractivity contribution in [2.75, 3.05) is 19.6 Å². The molecule has 0 N–H and O–H groups in total. The van der Waals surface area contributed by atoms with E-state index in [-0.39, 0.29) is 0 Å². The van der Waals surface area contributed by atoms with Crippen molar-refractivity contribution in [3.05, 3.63) is 29.8 Å². The Morgan fingerprint density at radius 3 is 2.32 bits per heavy atom. The fourth-order valence-corrected chi connectivity index (χ4v) is 4.12. The van der Waals surface area contributed by atoms with E-state index in [2.05, 4.69) is 37.8 Å². The fraction of sp³-hybridized carbons (Fsp3) is 0.625. The van der Waals surface area contributed by atoms with Crippen LogP contribution >= 0.6 is 0 Å². The highest BCUT2D eigenvalue weighted by molar-refractivity contribution is 7.85. The number of aryl methyl sites for hydroxylation is 1. The molecule has 0 amide bonds. The summed E-state index contributed by atoms with van der Waals surface area (Å²) in [5, 5.41) is 0.339. The highest BCUT2D eigenvalue weighted by Gasteiger charge is 2.24. The van der Waals surface area contributed by atoms with Gasteiger partial charge in [-0.15, -0.1) is 0 Å². The Morgan fingerprint density at radius 2 is 1.79 bits per heavy atom. The number of nitrogens with zero attached hydrogens (tertiary/aromatic N) is 1. The van der Waals surface area contributed by atoms with Gasteiger partial charge in [-0.05, 0) is 50.9 Å². The molecule has 1 atom stereocenters. The van der Waals surface area contributed by atoms with Gasteiger partial charge in [0.15, 0.2) is 0 Å². The van der Waals surface area contributed by atoms with Crippen LogP contribution in [0.25, 0.3) is 0 Å². The quantitative estimate of drug-likeness (QED) is 0.843. The van der Waals surface area contributed by atoms with E-state index in [1.807, 2.05) is 12.1 Å². The van der Waals surface area contributed by atoms with Gasteiger partial charge in [0, 0.05) is 16.7 Å². The number of hydrogen-bond donors (Lipinski definition) is 0. The predicted molar refractivity (Wildman–Crippen MR) is 81.9 cm³/mol. The molecule has 1 heterocycles. The van der Waals surface area contributed by atoms with E-state index in [1.165, 1.54) is 12.1 Å². The molecule has 0 spiro atoms. The van der Waals surface area contributed by atoms with Gasteiger partial charge in [-0.1, -0.05) is 31.5 Å². The third kappa shape index (κ3) is 4.15. The van der Waals surface area contributed by atoms with Gasteiger partial charge in [0.1, 0.15) is 0 Å². The monoisotopic (exact) mass is 279 g/mol. The molecule has 1 aromatic rings. The summed E-state index contributed by atoms with van der Waals surface area (Å²) in [7, 11) is -0.832. The highest BCUT2D eigenvalue weighted by Crippen LogP contribution is 2.22. The molecule has 1 fully saturated rings. The summed E-state index contributed by atoms with van der Waals surface area (Å²) < 4.78 is 12.5. The van der Waals surface area contributed by atoms with Crippen LogP contribution in [-0.2, 0) is 10.8 Å². The van der Waals surface area contributed by atoms with Crippen LogP contribution in [0, 0.1) is 12.8 Å². The summed E-state index contributed by atoms with van der Waals surface area (Å²) in [6.07, 6.45) is 2.13. The molecule has 1 unspecified atom stereocenters. The average molecular weight is 279 g/mol. The summed E-state index contributed by atoms with van der Waals surface area (Å²) in [6, 6.07) is 8.15. The SMILES string of the molecule is Cc1ccc(S(=O)C2CCN(CC(C)C)CC2)cc1. The molecule has 1 aliphatic rings. The second-order valence-corrected chi connectivity index (χ2v) is 7.74. The zero-order valence-corrected chi connectivity index (χ0v) is 13.1. The molecule has 0 aliphatic carbocycles. The minimum atomic E-state index is -0.832. The maximum atomic E-state index is 12.5. The Labute approximate surface area is 119 Å². The molecular weight excluding hydrogens is 254 g/mol. The molecule has 0 saturated carbocycles. The number of hydrogen-bond acceptors (Lipinski definition) is 2. The first-order valence-corrected chi connectivity index (χ1v) is 8.47. The lowest BCUT2D eigenvalue weighted by Crippen LogP contribution is -2.39. The van der Waals surface area contributed by atoms with Crippen molar-refractivity contribution < 1.29 is 4.21 Å². The summed E-state index contributed by atoms with van der Waals surface area (Å²) in [5.41, 5.74) is 1.23. The zero-order valence-electron chi connectivity index (χ0n) is 12.3. The molecule has 0 radical (unpaired) electrons. The van der Waals surface area contributed by atoms with Crippen molar-refractivity contribution in [3.8, 4) is 0 Å². The molecule has 2 rings (SSSR count). The van der Waals surface area contributed by atoms with Gasteiger partial charge < -0.3 is 4.90 Å². The molecule has 3 heteroatoms. The fourth-order valence-electron chi connectivity index (χ4n) is 2.69. The molecule has 106 valence electrons. The molecule has 1 aliphatic heterocycles. The van der Waals surface area contributed by atoms with Crippen molar-refractivity contribution in [2.24, 2.45) is 5.92 Å². The van der Waals surface area contributed by atoms with Crippen LogP contribution in [0.3, 0.4) is 0 Å². The Kier molecular flexibility index (Phi) is 5.17. The van der Waals surface area contributed by atoms with Gasteiger partial charge in [-0.25, -0.2) is 0 Å². The Hall–Kier alpha value is -0.670. The third-order valence-corrected chi connectivity index (χ3v) is 5.53. The van der Waals surface area contributed by atoms with Gasteiger partial charge >= 0.3 is 0 Å². The molecular formula is C16H25NOS. The van der Waals surface area contributed by atoms with E-state index in [0.717, 1.165) is 36.7 Å². The van der Waals surface area contributed by atoms with E-state index in [9.17, 15) is 4.21 Å². The van der Waals surface area contributed by atoms with Gasteiger partial charge in [-0.2, -0.15) is 0 Å². The number of benzene rings is 1. The second kappa shape index (κ2) is 6.67. The topological polar surface area (TPSA) is 20.3 Å². The minimum absolute atomic E-state index is 0.339. The van der Waals surface area contributed by atoms with Crippen molar-refractivity contribution in [1.82, 2.24) is 4.90 Å². The lowest BCUT2D eigenvalue weighted by molar-refractivity contribution is 0.208. The van der Waals surface area contributed by atoms with Crippen LogP contribution in [0.2, 0.25) is 0 Å². The van der Waals surface area contributed by atoms with E-state index >= 15 is 0 Å². The van der Waals surface area contributed by atoms with Crippen LogP contribution in [0.1, 0.15) is 32.3 Å². The number of likely N-dealkylation sites (tertiary alicyclic amines) is 1. The molecule has 19 heavy (non-hydrogen) atoms. The minimum Gasteiger partial charge on any atom is -0.303 e. The summed E-state index contributed by atoms with van der Waals surface area (Å²) in [4.78, 5) is 3.50. The Morgan fingerprint density at radius 1 is 1.21 bits per heavy atom. The highest BCUT2D eigenvalue weighted by atomic mass is 32.2. The Balaban J connectivity index is 1.90. The first kappa shape index (κ1) is 14.7. The normalized spacial score (nSPS) is 19.8. The van der Waals surface area contributed by atoms with E-state index < -0.39 is 10.8 Å². The molecule has 0 bridgehead atoms. The van der Waals surface area contributed by atoms with E-state index in [4.69, 9.17) is 0 Å². The largest absolute Gasteiger partial charge is 0.303 e. The summed E-state index contributed by atoms with van der Waals surface area (Å²) in [5.74, 6) is 0.721. The Bertz CT molecular complexity index is 419. The molecule has 1 aromatic carbocycles. The average Bonchev–Trinajstić information content (AvgIpc) is 2.39. The van der Waals surface area contributed by atoms with Crippen LogP contribution in [-0.4, -0.2) is 34.0 Å². The standard InChI is InChI=1S/C16H25NOS/c1-13(2)12-17-10-8-16(9-11-17)19(18)15-6-4-14(3)5-7-15/h4-7,13,16H,8-12H2,1-3H3. The second-order valence-electron chi connectivity index (χ2n) is 6.00. The van der Waals surface area contributed by atoms with Crippen molar-refractivity contribution in [3.63, 3.8) is 0 Å².